The minimum atomic E-state index is -3.25. The fourth-order valence-electron chi connectivity index (χ4n) is 2.05. The molecular formula is C12H14O4S2. The lowest BCUT2D eigenvalue weighted by molar-refractivity contribution is -0.136. The van der Waals surface area contributed by atoms with Crippen LogP contribution in [0.5, 0.6) is 0 Å². The lowest BCUT2D eigenvalue weighted by atomic mass is 10.2. The monoisotopic (exact) mass is 286 g/mol. The van der Waals surface area contributed by atoms with Gasteiger partial charge >= 0.3 is 5.97 Å². The van der Waals surface area contributed by atoms with Gasteiger partial charge in [-0.1, -0.05) is 25.1 Å². The summed E-state index contributed by atoms with van der Waals surface area (Å²) in [7, 11) is -3.25. The number of thioether (sulfide) groups is 1. The second-order valence-corrected chi connectivity index (χ2v) is 7.59. The van der Waals surface area contributed by atoms with Crippen molar-refractivity contribution in [2.24, 2.45) is 0 Å². The molecular weight excluding hydrogens is 272 g/mol. The highest BCUT2D eigenvalue weighted by molar-refractivity contribution is 8.02. The van der Waals surface area contributed by atoms with Crippen molar-refractivity contribution in [1.29, 1.82) is 0 Å². The molecule has 2 rings (SSSR count). The number of benzene rings is 1. The molecule has 1 N–H and O–H groups in total. The van der Waals surface area contributed by atoms with Gasteiger partial charge in [-0.25, -0.2) is 8.42 Å². The summed E-state index contributed by atoms with van der Waals surface area (Å²) < 4.78 is 23.9. The number of hydrogen-bond acceptors (Lipinski definition) is 4. The third-order valence-electron chi connectivity index (χ3n) is 2.95. The van der Waals surface area contributed by atoms with E-state index in [0.717, 1.165) is 5.56 Å². The van der Waals surface area contributed by atoms with Crippen LogP contribution in [0.2, 0.25) is 0 Å². The highest BCUT2D eigenvalue weighted by atomic mass is 32.2. The lowest BCUT2D eigenvalue weighted by Crippen LogP contribution is -2.17. The van der Waals surface area contributed by atoms with E-state index in [2.05, 4.69) is 0 Å². The summed E-state index contributed by atoms with van der Waals surface area (Å²) in [5, 5.41) is 8.21. The predicted molar refractivity (Wildman–Crippen MR) is 70.5 cm³/mol. The van der Waals surface area contributed by atoms with E-state index in [1.807, 2.05) is 0 Å². The van der Waals surface area contributed by atoms with Crippen LogP contribution in [0.25, 0.3) is 0 Å². The maximum Gasteiger partial charge on any atom is 0.316 e. The largest absolute Gasteiger partial charge is 0.480 e. The van der Waals surface area contributed by atoms with Crippen LogP contribution in [0.4, 0.5) is 0 Å². The summed E-state index contributed by atoms with van der Waals surface area (Å²) >= 11 is 1.23. The first-order chi connectivity index (χ1) is 8.45. The summed E-state index contributed by atoms with van der Waals surface area (Å²) in [5.74, 6) is -0.884. The van der Waals surface area contributed by atoms with Gasteiger partial charge in [-0.2, -0.15) is 0 Å². The molecule has 0 aliphatic carbocycles. The second-order valence-electron chi connectivity index (χ2n) is 4.18. The molecule has 0 saturated carbocycles. The molecule has 1 aromatic carbocycles. The van der Waals surface area contributed by atoms with Crippen LogP contribution in [0.15, 0.2) is 29.2 Å². The Hall–Kier alpha value is -1.01. The summed E-state index contributed by atoms with van der Waals surface area (Å²) in [6.45, 7) is 1.79. The number of aliphatic carboxylic acids is 1. The normalized spacial score (nSPS) is 22.4. The Labute approximate surface area is 110 Å². The first kappa shape index (κ1) is 13.4. The van der Waals surface area contributed by atoms with E-state index in [1.165, 1.54) is 11.8 Å². The summed E-state index contributed by atoms with van der Waals surface area (Å²) in [4.78, 5) is 11.4. The van der Waals surface area contributed by atoms with Crippen LogP contribution in [-0.4, -0.2) is 30.5 Å². The minimum Gasteiger partial charge on any atom is -0.480 e. The number of carboxylic acids is 1. The first-order valence-corrected chi connectivity index (χ1v) is 8.25. The number of hydrogen-bond donors (Lipinski definition) is 1. The Morgan fingerprint density at radius 1 is 1.50 bits per heavy atom. The molecule has 0 amide bonds. The highest BCUT2D eigenvalue weighted by Gasteiger charge is 2.36. The van der Waals surface area contributed by atoms with Gasteiger partial charge in [0.1, 0.15) is 5.25 Å². The molecule has 0 aromatic heterocycles. The van der Waals surface area contributed by atoms with E-state index < -0.39 is 21.1 Å². The number of carbonyl (C=O) groups is 1. The van der Waals surface area contributed by atoms with Gasteiger partial charge in [-0.15, -0.1) is 11.8 Å². The van der Waals surface area contributed by atoms with E-state index in [9.17, 15) is 13.2 Å². The molecule has 6 heteroatoms. The van der Waals surface area contributed by atoms with E-state index in [0.29, 0.717) is 11.3 Å². The Balaban J connectivity index is 2.31. The summed E-state index contributed by atoms with van der Waals surface area (Å²) in [6.07, 6.45) is 0.485. The maximum atomic E-state index is 11.9. The molecule has 0 bridgehead atoms. The number of sulfone groups is 1. The maximum absolute atomic E-state index is 11.9. The molecule has 0 spiro atoms. The summed E-state index contributed by atoms with van der Waals surface area (Å²) in [6, 6.07) is 6.84. The molecule has 1 aliphatic heterocycles. The third kappa shape index (κ3) is 2.40. The van der Waals surface area contributed by atoms with Crippen molar-refractivity contribution in [3.05, 3.63) is 29.8 Å². The minimum absolute atomic E-state index is 0.000787. The summed E-state index contributed by atoms with van der Waals surface area (Å²) in [5.41, 5.74) is 0.738. The Bertz CT molecular complexity index is 565. The van der Waals surface area contributed by atoms with Gasteiger partial charge in [-0.3, -0.25) is 4.79 Å². The van der Waals surface area contributed by atoms with Crippen molar-refractivity contribution in [3.8, 4) is 0 Å². The van der Waals surface area contributed by atoms with Crippen LogP contribution in [0.3, 0.4) is 0 Å². The zero-order valence-electron chi connectivity index (χ0n) is 9.87. The second kappa shape index (κ2) is 4.93. The van der Waals surface area contributed by atoms with Crippen molar-refractivity contribution in [2.45, 2.75) is 28.7 Å². The number of carboxylic acid groups (broad SMARTS) is 1. The van der Waals surface area contributed by atoms with Crippen molar-refractivity contribution in [1.82, 2.24) is 0 Å². The van der Waals surface area contributed by atoms with Crippen molar-refractivity contribution in [2.75, 3.05) is 5.75 Å². The van der Waals surface area contributed by atoms with Crippen molar-refractivity contribution in [3.63, 3.8) is 0 Å². The molecule has 1 heterocycles. The molecule has 2 atom stereocenters. The topological polar surface area (TPSA) is 71.4 Å². The zero-order chi connectivity index (χ0) is 13.3. The van der Waals surface area contributed by atoms with Gasteiger partial charge < -0.3 is 5.11 Å². The molecule has 1 aromatic rings. The van der Waals surface area contributed by atoms with Gasteiger partial charge in [0.25, 0.3) is 0 Å². The van der Waals surface area contributed by atoms with Gasteiger partial charge in [0.05, 0.1) is 10.6 Å². The Morgan fingerprint density at radius 3 is 2.78 bits per heavy atom. The van der Waals surface area contributed by atoms with Crippen LogP contribution in [0.1, 0.15) is 24.2 Å². The first-order valence-electron chi connectivity index (χ1n) is 5.65. The quantitative estimate of drug-likeness (QED) is 0.918. The molecule has 0 fully saturated rings. The Kier molecular flexibility index (Phi) is 3.68. The number of fused-ring (bicyclic) bond motifs is 1. The zero-order valence-corrected chi connectivity index (χ0v) is 11.5. The average Bonchev–Trinajstić information content (AvgIpc) is 2.58. The predicted octanol–water partition coefficient (Wildman–Crippen LogP) is 2.11. The lowest BCUT2D eigenvalue weighted by Gasteiger charge is -2.15. The standard InChI is InChI=1S/C12H14O4S2/c1-2-9(12(13)14)17-10-7-18(15,16)11-6-4-3-5-8(10)11/h3-6,9-10H,2,7H2,1H3,(H,13,14). The molecule has 0 radical (unpaired) electrons. The molecule has 4 nitrogen and oxygen atoms in total. The van der Waals surface area contributed by atoms with E-state index in [-0.39, 0.29) is 11.0 Å². The van der Waals surface area contributed by atoms with Crippen molar-refractivity contribution < 1.29 is 18.3 Å². The van der Waals surface area contributed by atoms with Crippen molar-refractivity contribution >= 4 is 27.6 Å². The van der Waals surface area contributed by atoms with Gasteiger partial charge in [0.15, 0.2) is 9.84 Å². The highest BCUT2D eigenvalue weighted by Crippen LogP contribution is 2.43. The fraction of sp³-hybridized carbons (Fsp3) is 0.417. The molecule has 1 aliphatic rings. The Morgan fingerprint density at radius 2 is 2.17 bits per heavy atom. The van der Waals surface area contributed by atoms with Crippen LogP contribution >= 0.6 is 11.8 Å². The molecule has 0 saturated heterocycles. The third-order valence-corrected chi connectivity index (χ3v) is 6.58. The van der Waals surface area contributed by atoms with Gasteiger partial charge in [-0.05, 0) is 18.1 Å². The SMILES string of the molecule is CCC(SC1CS(=O)(=O)c2ccccc21)C(=O)O. The fourth-order valence-corrected chi connectivity index (χ4v) is 5.65. The van der Waals surface area contributed by atoms with E-state index >= 15 is 0 Å². The van der Waals surface area contributed by atoms with Gasteiger partial charge in [0.2, 0.25) is 0 Å². The average molecular weight is 286 g/mol. The van der Waals surface area contributed by atoms with E-state index in [4.69, 9.17) is 5.11 Å². The van der Waals surface area contributed by atoms with Gasteiger partial charge in [0, 0.05) is 5.25 Å². The number of rotatable bonds is 4. The van der Waals surface area contributed by atoms with Crippen LogP contribution < -0.4 is 0 Å². The van der Waals surface area contributed by atoms with E-state index in [1.54, 1.807) is 31.2 Å². The molecule has 98 valence electrons. The van der Waals surface area contributed by atoms with Crippen LogP contribution in [-0.2, 0) is 14.6 Å². The van der Waals surface area contributed by atoms with Crippen LogP contribution in [0, 0.1) is 0 Å². The molecule has 18 heavy (non-hydrogen) atoms. The smallest absolute Gasteiger partial charge is 0.316 e. The molecule has 2 unspecified atom stereocenters.